The molecule has 1 aliphatic heterocycles. The first-order valence-corrected chi connectivity index (χ1v) is 6.21. The van der Waals surface area contributed by atoms with E-state index in [4.69, 9.17) is 5.73 Å². The van der Waals surface area contributed by atoms with Crippen molar-refractivity contribution in [1.82, 2.24) is 10.3 Å². The molecule has 5 heteroatoms. The van der Waals surface area contributed by atoms with E-state index in [9.17, 15) is 4.79 Å². The first-order chi connectivity index (χ1) is 8.59. The molecule has 1 saturated heterocycles. The van der Waals surface area contributed by atoms with Gasteiger partial charge in [-0.3, -0.25) is 4.79 Å². The molecule has 0 spiro atoms. The van der Waals surface area contributed by atoms with Gasteiger partial charge in [-0.2, -0.15) is 0 Å². The maximum Gasteiger partial charge on any atom is 0.227 e. The van der Waals surface area contributed by atoms with Crippen molar-refractivity contribution in [2.24, 2.45) is 11.1 Å². The molecule has 1 aromatic heterocycles. The molecule has 18 heavy (non-hydrogen) atoms. The summed E-state index contributed by atoms with van der Waals surface area (Å²) in [4.78, 5) is 18.4. The summed E-state index contributed by atoms with van der Waals surface area (Å²) in [6.45, 7) is 4.07. The molecule has 0 saturated carbocycles. The van der Waals surface area contributed by atoms with E-state index in [1.54, 1.807) is 13.2 Å². The lowest BCUT2D eigenvalue weighted by Crippen LogP contribution is -2.39. The molecule has 2 heterocycles. The minimum absolute atomic E-state index is 0.101. The second kappa shape index (κ2) is 4.94. The molecule has 1 fully saturated rings. The number of carbonyl (C=O) groups is 1. The van der Waals surface area contributed by atoms with Crippen LogP contribution in [0, 0.1) is 5.41 Å². The van der Waals surface area contributed by atoms with Gasteiger partial charge in [0.15, 0.2) is 0 Å². The number of hydrogen-bond donors (Lipinski definition) is 2. The molecule has 1 unspecified atom stereocenters. The fourth-order valence-electron chi connectivity index (χ4n) is 2.37. The summed E-state index contributed by atoms with van der Waals surface area (Å²) in [7, 11) is 1.69. The van der Waals surface area contributed by atoms with Gasteiger partial charge in [0.2, 0.25) is 5.91 Å². The van der Waals surface area contributed by atoms with Crippen molar-refractivity contribution in [2.45, 2.75) is 19.9 Å². The Kier molecular flexibility index (Phi) is 3.52. The van der Waals surface area contributed by atoms with Crippen molar-refractivity contribution in [3.8, 4) is 0 Å². The summed E-state index contributed by atoms with van der Waals surface area (Å²) in [6.07, 6.45) is 2.65. The third-order valence-electron chi connectivity index (χ3n) is 3.62. The zero-order valence-electron chi connectivity index (χ0n) is 10.9. The van der Waals surface area contributed by atoms with Crippen LogP contribution in [0.5, 0.6) is 0 Å². The zero-order valence-corrected chi connectivity index (χ0v) is 10.9. The van der Waals surface area contributed by atoms with Crippen LogP contribution in [-0.2, 0) is 11.3 Å². The second-order valence-electron chi connectivity index (χ2n) is 5.04. The van der Waals surface area contributed by atoms with E-state index in [-0.39, 0.29) is 11.3 Å². The molecule has 1 atom stereocenters. The number of amides is 1. The normalized spacial score (nSPS) is 23.2. The summed E-state index contributed by atoms with van der Waals surface area (Å²) in [5.74, 6) is 1.02. The third-order valence-corrected chi connectivity index (χ3v) is 3.62. The molecule has 98 valence electrons. The van der Waals surface area contributed by atoms with Crippen molar-refractivity contribution in [1.29, 1.82) is 0 Å². The Bertz CT molecular complexity index is 431. The van der Waals surface area contributed by atoms with Crippen molar-refractivity contribution in [3.63, 3.8) is 0 Å². The van der Waals surface area contributed by atoms with Gasteiger partial charge in [-0.25, -0.2) is 4.98 Å². The maximum atomic E-state index is 11.8. The molecule has 1 aromatic rings. The Balaban J connectivity index is 2.10. The lowest BCUT2D eigenvalue weighted by molar-refractivity contribution is -0.128. The number of pyridine rings is 1. The molecular formula is C13H20N4O. The molecule has 0 aromatic carbocycles. The minimum atomic E-state index is -0.316. The fraction of sp³-hybridized carbons (Fsp3) is 0.538. The molecule has 1 aliphatic rings. The monoisotopic (exact) mass is 248 g/mol. The van der Waals surface area contributed by atoms with Crippen molar-refractivity contribution in [2.75, 3.05) is 25.0 Å². The second-order valence-corrected chi connectivity index (χ2v) is 5.04. The van der Waals surface area contributed by atoms with Gasteiger partial charge in [0, 0.05) is 32.9 Å². The highest BCUT2D eigenvalue weighted by Crippen LogP contribution is 2.32. The van der Waals surface area contributed by atoms with Crippen LogP contribution in [0.3, 0.4) is 0 Å². The standard InChI is InChI=1S/C13H20N4O/c1-13(12(18)15-2)5-6-17(9-13)11-4-3-10(7-14)8-16-11/h3-4,8H,5-7,9,14H2,1-2H3,(H,15,18). The highest BCUT2D eigenvalue weighted by molar-refractivity contribution is 5.83. The summed E-state index contributed by atoms with van der Waals surface area (Å²) in [5.41, 5.74) is 6.25. The smallest absolute Gasteiger partial charge is 0.227 e. The Morgan fingerprint density at radius 2 is 2.39 bits per heavy atom. The van der Waals surface area contributed by atoms with Crippen LogP contribution in [0.2, 0.25) is 0 Å². The number of nitrogens with two attached hydrogens (primary N) is 1. The highest BCUT2D eigenvalue weighted by atomic mass is 16.2. The number of hydrogen-bond acceptors (Lipinski definition) is 4. The van der Waals surface area contributed by atoms with Gasteiger partial charge < -0.3 is 16.0 Å². The number of aromatic nitrogens is 1. The minimum Gasteiger partial charge on any atom is -0.359 e. The van der Waals surface area contributed by atoms with E-state index in [1.165, 1.54) is 0 Å². The third kappa shape index (κ3) is 2.31. The van der Waals surface area contributed by atoms with Gasteiger partial charge in [-0.05, 0) is 25.0 Å². The SMILES string of the molecule is CNC(=O)C1(C)CCN(c2ccc(CN)cn2)C1. The predicted molar refractivity (Wildman–Crippen MR) is 71.1 cm³/mol. The van der Waals surface area contributed by atoms with E-state index in [0.717, 1.165) is 24.3 Å². The van der Waals surface area contributed by atoms with E-state index in [0.29, 0.717) is 13.1 Å². The highest BCUT2D eigenvalue weighted by Gasteiger charge is 2.40. The van der Waals surface area contributed by atoms with Crippen LogP contribution in [0.4, 0.5) is 5.82 Å². The molecule has 0 radical (unpaired) electrons. The van der Waals surface area contributed by atoms with Gasteiger partial charge in [-0.15, -0.1) is 0 Å². The average Bonchev–Trinajstić information content (AvgIpc) is 2.82. The summed E-state index contributed by atoms with van der Waals surface area (Å²) in [5, 5.41) is 2.74. The van der Waals surface area contributed by atoms with E-state index < -0.39 is 0 Å². The largest absolute Gasteiger partial charge is 0.359 e. The Morgan fingerprint density at radius 1 is 1.61 bits per heavy atom. The van der Waals surface area contributed by atoms with Crippen molar-refractivity contribution < 1.29 is 4.79 Å². The van der Waals surface area contributed by atoms with Gasteiger partial charge in [0.25, 0.3) is 0 Å². The Labute approximate surface area is 107 Å². The summed E-state index contributed by atoms with van der Waals surface area (Å²) >= 11 is 0. The summed E-state index contributed by atoms with van der Waals surface area (Å²) in [6, 6.07) is 3.95. The molecule has 1 amide bonds. The van der Waals surface area contributed by atoms with Crippen molar-refractivity contribution >= 4 is 11.7 Å². The summed E-state index contributed by atoms with van der Waals surface area (Å²) < 4.78 is 0. The zero-order chi connectivity index (χ0) is 13.2. The molecule has 2 rings (SSSR count). The number of carbonyl (C=O) groups excluding carboxylic acids is 1. The van der Waals surface area contributed by atoms with Crippen molar-refractivity contribution in [3.05, 3.63) is 23.9 Å². The van der Waals surface area contributed by atoms with Gasteiger partial charge in [0.1, 0.15) is 5.82 Å². The predicted octanol–water partition coefficient (Wildman–Crippen LogP) is 0.503. The van der Waals surface area contributed by atoms with Gasteiger partial charge in [0.05, 0.1) is 5.41 Å². The van der Waals surface area contributed by atoms with Gasteiger partial charge in [-0.1, -0.05) is 6.07 Å². The van der Waals surface area contributed by atoms with Crippen LogP contribution < -0.4 is 16.0 Å². The Hall–Kier alpha value is -1.62. The number of rotatable bonds is 3. The van der Waals surface area contributed by atoms with E-state index in [2.05, 4.69) is 15.2 Å². The first kappa shape index (κ1) is 12.8. The maximum absolute atomic E-state index is 11.8. The van der Waals surface area contributed by atoms with Crippen LogP contribution >= 0.6 is 0 Å². The van der Waals surface area contributed by atoms with E-state index >= 15 is 0 Å². The number of anilines is 1. The average molecular weight is 248 g/mol. The topological polar surface area (TPSA) is 71.2 Å². The molecule has 5 nitrogen and oxygen atoms in total. The Morgan fingerprint density at radius 3 is 2.94 bits per heavy atom. The van der Waals surface area contributed by atoms with Crippen LogP contribution in [0.25, 0.3) is 0 Å². The first-order valence-electron chi connectivity index (χ1n) is 6.21. The quantitative estimate of drug-likeness (QED) is 0.817. The van der Waals surface area contributed by atoms with Crippen LogP contribution in [0.15, 0.2) is 18.3 Å². The van der Waals surface area contributed by atoms with Gasteiger partial charge >= 0.3 is 0 Å². The fourth-order valence-corrected chi connectivity index (χ4v) is 2.37. The number of nitrogens with zero attached hydrogens (tertiary/aromatic N) is 2. The molecule has 0 aliphatic carbocycles. The number of nitrogens with one attached hydrogen (secondary N) is 1. The lowest BCUT2D eigenvalue weighted by Gasteiger charge is -2.23. The van der Waals surface area contributed by atoms with Crippen LogP contribution in [-0.4, -0.2) is 31.0 Å². The molecular weight excluding hydrogens is 228 g/mol. The van der Waals surface area contributed by atoms with E-state index in [1.807, 2.05) is 19.1 Å². The molecule has 0 bridgehead atoms. The molecule has 3 N–H and O–H groups in total. The lowest BCUT2D eigenvalue weighted by atomic mass is 9.89. The van der Waals surface area contributed by atoms with Crippen LogP contribution in [0.1, 0.15) is 18.9 Å².